The summed E-state index contributed by atoms with van der Waals surface area (Å²) >= 11 is 1.50. The maximum absolute atomic E-state index is 12.5. The van der Waals surface area contributed by atoms with Crippen molar-refractivity contribution in [1.29, 1.82) is 0 Å². The molecule has 4 aromatic rings. The number of anilines is 2. The van der Waals surface area contributed by atoms with E-state index < -0.39 is 24.2 Å². The molecular formula is C28H33N7O3S. The molecule has 5 rings (SSSR count). The summed E-state index contributed by atoms with van der Waals surface area (Å²) in [5.41, 5.74) is 4.47. The van der Waals surface area contributed by atoms with E-state index in [1.807, 2.05) is 32.0 Å². The number of hydrogen-bond acceptors (Lipinski definition) is 10. The fourth-order valence-electron chi connectivity index (χ4n) is 5.14. The van der Waals surface area contributed by atoms with Gasteiger partial charge in [0, 0.05) is 12.7 Å². The lowest BCUT2D eigenvalue weighted by atomic mass is 10.0. The number of pyridine rings is 1. The predicted octanol–water partition coefficient (Wildman–Crippen LogP) is 3.60. The molecule has 1 aliphatic carbocycles. The number of carbonyl (C=O) groups is 1. The molecule has 0 bridgehead atoms. The monoisotopic (exact) mass is 547 g/mol. The van der Waals surface area contributed by atoms with Crippen molar-refractivity contribution < 1.29 is 15.0 Å². The summed E-state index contributed by atoms with van der Waals surface area (Å²) in [5.74, 6) is -0.107. The highest BCUT2D eigenvalue weighted by Crippen LogP contribution is 2.38. The number of fused-ring (bicyclic) bond motifs is 1. The van der Waals surface area contributed by atoms with Gasteiger partial charge in [-0.05, 0) is 51.3 Å². The predicted molar refractivity (Wildman–Crippen MR) is 153 cm³/mol. The van der Waals surface area contributed by atoms with Crippen LogP contribution >= 0.6 is 11.3 Å². The molecule has 1 aliphatic rings. The van der Waals surface area contributed by atoms with E-state index in [2.05, 4.69) is 46.9 Å². The molecule has 0 saturated heterocycles. The van der Waals surface area contributed by atoms with E-state index in [-0.39, 0.29) is 18.4 Å². The second-order valence-electron chi connectivity index (χ2n) is 9.91. The van der Waals surface area contributed by atoms with Crippen molar-refractivity contribution in [2.24, 2.45) is 5.92 Å². The van der Waals surface area contributed by atoms with Gasteiger partial charge in [-0.3, -0.25) is 9.78 Å². The number of aromatic nitrogens is 4. The Hall–Kier alpha value is -3.67. The molecule has 0 radical (unpaired) electrons. The van der Waals surface area contributed by atoms with Crippen LogP contribution in [0.15, 0.2) is 42.7 Å². The average molecular weight is 548 g/mol. The van der Waals surface area contributed by atoms with Crippen LogP contribution in [0.3, 0.4) is 0 Å². The minimum Gasteiger partial charge on any atom is -0.390 e. The first kappa shape index (κ1) is 26.9. The summed E-state index contributed by atoms with van der Waals surface area (Å²) in [6.07, 6.45) is 1.36. The van der Waals surface area contributed by atoms with Crippen LogP contribution in [0.2, 0.25) is 0 Å². The van der Waals surface area contributed by atoms with Crippen LogP contribution in [-0.4, -0.2) is 60.9 Å². The molecule has 5 N–H and O–H groups in total. The number of thiazole rings is 1. The van der Waals surface area contributed by atoms with Gasteiger partial charge in [-0.25, -0.2) is 9.97 Å². The first-order chi connectivity index (χ1) is 18.8. The van der Waals surface area contributed by atoms with Gasteiger partial charge in [0.25, 0.3) is 0 Å². The molecule has 0 aliphatic heterocycles. The van der Waals surface area contributed by atoms with Crippen molar-refractivity contribution >= 4 is 39.2 Å². The molecule has 1 amide bonds. The Bertz CT molecular complexity index is 1460. The lowest BCUT2D eigenvalue weighted by Gasteiger charge is -2.22. The van der Waals surface area contributed by atoms with Gasteiger partial charge in [0.2, 0.25) is 11.9 Å². The summed E-state index contributed by atoms with van der Waals surface area (Å²) < 4.78 is 0.980. The minimum absolute atomic E-state index is 0.0566. The molecule has 0 unspecified atom stereocenters. The van der Waals surface area contributed by atoms with E-state index in [0.717, 1.165) is 21.3 Å². The van der Waals surface area contributed by atoms with Crippen LogP contribution in [0.1, 0.15) is 43.1 Å². The molecule has 1 fully saturated rings. The first-order valence-electron chi connectivity index (χ1n) is 13.1. The highest BCUT2D eigenvalue weighted by molar-refractivity contribution is 7.21. The lowest BCUT2D eigenvalue weighted by molar-refractivity contribution is -0.128. The fraction of sp³-hybridized carbons (Fsp3) is 0.393. The summed E-state index contributed by atoms with van der Waals surface area (Å²) in [5, 5.41) is 31.7. The maximum atomic E-state index is 12.5. The number of carbonyl (C=O) groups excluding carboxylic acids is 1. The largest absolute Gasteiger partial charge is 0.390 e. The number of nitrogens with zero attached hydrogens (tertiary/aromatic N) is 4. The SMILES string of the molecule is CCNC(=O)[C@H]1C[C@@H](Nc2nc(N[C@H](C)c3ccccc3C)nc(C)c2-c2nc3cnccc3s2)[C@H](O)[C@@H]1O. The number of amides is 1. The maximum Gasteiger partial charge on any atom is 0.225 e. The Labute approximate surface area is 231 Å². The Morgan fingerprint density at radius 1 is 1.13 bits per heavy atom. The Kier molecular flexibility index (Phi) is 7.74. The Balaban J connectivity index is 1.52. The van der Waals surface area contributed by atoms with E-state index in [4.69, 9.17) is 15.0 Å². The zero-order valence-corrected chi connectivity index (χ0v) is 23.2. The summed E-state index contributed by atoms with van der Waals surface area (Å²) in [6.45, 7) is 8.28. The van der Waals surface area contributed by atoms with Gasteiger partial charge in [-0.2, -0.15) is 4.98 Å². The lowest BCUT2D eigenvalue weighted by Crippen LogP contribution is -2.39. The van der Waals surface area contributed by atoms with E-state index in [1.165, 1.54) is 11.3 Å². The smallest absolute Gasteiger partial charge is 0.225 e. The van der Waals surface area contributed by atoms with Gasteiger partial charge in [-0.15, -0.1) is 11.3 Å². The third-order valence-corrected chi connectivity index (χ3v) is 8.24. The fourth-order valence-corrected chi connectivity index (χ4v) is 6.18. The Morgan fingerprint density at radius 2 is 1.92 bits per heavy atom. The molecule has 0 spiro atoms. The number of aliphatic hydroxyl groups is 2. The van der Waals surface area contributed by atoms with Crippen LogP contribution in [0, 0.1) is 19.8 Å². The van der Waals surface area contributed by atoms with Gasteiger partial charge in [0.15, 0.2) is 0 Å². The first-order valence-corrected chi connectivity index (χ1v) is 13.9. The minimum atomic E-state index is -1.19. The van der Waals surface area contributed by atoms with Gasteiger partial charge < -0.3 is 26.2 Å². The zero-order chi connectivity index (χ0) is 27.7. The number of rotatable bonds is 8. The van der Waals surface area contributed by atoms with Gasteiger partial charge in [0.05, 0.1) is 46.3 Å². The number of aryl methyl sites for hydroxylation is 2. The van der Waals surface area contributed by atoms with Crippen molar-refractivity contribution in [3.05, 3.63) is 59.5 Å². The molecule has 1 saturated carbocycles. The molecular weight excluding hydrogens is 514 g/mol. The highest BCUT2D eigenvalue weighted by atomic mass is 32.1. The number of aliphatic hydroxyl groups excluding tert-OH is 2. The van der Waals surface area contributed by atoms with Gasteiger partial charge in [-0.1, -0.05) is 24.3 Å². The molecule has 39 heavy (non-hydrogen) atoms. The second kappa shape index (κ2) is 11.2. The van der Waals surface area contributed by atoms with Crippen molar-refractivity contribution in [2.75, 3.05) is 17.2 Å². The van der Waals surface area contributed by atoms with Crippen molar-refractivity contribution in [2.45, 2.75) is 58.4 Å². The van der Waals surface area contributed by atoms with Crippen LogP contribution in [0.5, 0.6) is 0 Å². The molecule has 5 atom stereocenters. The van der Waals surface area contributed by atoms with Crippen molar-refractivity contribution in [3.8, 4) is 10.6 Å². The summed E-state index contributed by atoms with van der Waals surface area (Å²) in [4.78, 5) is 31.1. The third-order valence-electron chi connectivity index (χ3n) is 7.19. The van der Waals surface area contributed by atoms with Crippen LogP contribution in [0.25, 0.3) is 20.8 Å². The van der Waals surface area contributed by atoms with Crippen molar-refractivity contribution in [1.82, 2.24) is 25.3 Å². The molecule has 1 aromatic carbocycles. The number of hydrogen-bond donors (Lipinski definition) is 5. The molecule has 204 valence electrons. The second-order valence-corrected chi connectivity index (χ2v) is 10.9. The standard InChI is InChI=1S/C28H33N7O3S/c1-5-30-26(38)18-12-19(24(37)23(18)36)33-25-22(27-34-20-13-29-11-10-21(20)39-27)16(4)32-28(35-25)31-15(3)17-9-7-6-8-14(17)2/h6-11,13,15,18-19,23-24,36-37H,5,12H2,1-4H3,(H,30,38)(H2,31,32,33,35)/t15-,18+,19-,23-,24+/m1/s1. The zero-order valence-electron chi connectivity index (χ0n) is 22.3. The van der Waals surface area contributed by atoms with Crippen LogP contribution < -0.4 is 16.0 Å². The molecule has 10 nitrogen and oxygen atoms in total. The molecule has 3 aromatic heterocycles. The third kappa shape index (κ3) is 5.42. The van der Waals surface area contributed by atoms with Crippen LogP contribution in [-0.2, 0) is 4.79 Å². The van der Waals surface area contributed by atoms with E-state index in [1.54, 1.807) is 12.4 Å². The van der Waals surface area contributed by atoms with Crippen molar-refractivity contribution in [3.63, 3.8) is 0 Å². The van der Waals surface area contributed by atoms with Crippen LogP contribution in [0.4, 0.5) is 11.8 Å². The Morgan fingerprint density at radius 3 is 2.67 bits per heavy atom. The van der Waals surface area contributed by atoms with Gasteiger partial charge >= 0.3 is 0 Å². The number of nitrogens with one attached hydrogen (secondary N) is 3. The average Bonchev–Trinajstić information content (AvgIpc) is 3.45. The van der Waals surface area contributed by atoms with E-state index in [0.29, 0.717) is 34.6 Å². The molecule has 11 heteroatoms. The number of benzene rings is 1. The van der Waals surface area contributed by atoms with E-state index >= 15 is 0 Å². The molecule has 3 heterocycles. The quantitative estimate of drug-likeness (QED) is 0.223. The normalized spacial score (nSPS) is 21.6. The van der Waals surface area contributed by atoms with E-state index in [9.17, 15) is 15.0 Å². The highest BCUT2D eigenvalue weighted by Gasteiger charge is 2.45. The summed E-state index contributed by atoms with van der Waals surface area (Å²) in [6, 6.07) is 9.40. The van der Waals surface area contributed by atoms with Gasteiger partial charge in [0.1, 0.15) is 22.4 Å². The topological polar surface area (TPSA) is 145 Å². The summed E-state index contributed by atoms with van der Waals surface area (Å²) in [7, 11) is 0.